The van der Waals surface area contributed by atoms with Gasteiger partial charge in [0.05, 0.1) is 6.61 Å². The summed E-state index contributed by atoms with van der Waals surface area (Å²) in [6.45, 7) is 6.11. The number of aromatic nitrogens is 2. The van der Waals surface area contributed by atoms with E-state index < -0.39 is 11.9 Å². The molecule has 0 saturated carbocycles. The molecule has 2 fully saturated rings. The quantitative estimate of drug-likeness (QED) is 0.771. The average molecular weight is 358 g/mol. The largest absolute Gasteiger partial charge is 0.464 e. The number of carbonyl (C=O) groups is 1. The number of hydrogen-bond donors (Lipinski definition) is 0. The Kier molecular flexibility index (Phi) is 4.86. The van der Waals surface area contributed by atoms with Crippen LogP contribution < -0.4 is 4.90 Å². The van der Waals surface area contributed by atoms with E-state index in [4.69, 9.17) is 4.74 Å². The lowest BCUT2D eigenvalue weighted by atomic mass is 10.1. The molecule has 0 N–H and O–H groups in total. The van der Waals surface area contributed by atoms with E-state index in [2.05, 4.69) is 9.97 Å². The van der Waals surface area contributed by atoms with Crippen molar-refractivity contribution < 1.29 is 22.7 Å². The van der Waals surface area contributed by atoms with Crippen LogP contribution in [0.3, 0.4) is 0 Å². The van der Waals surface area contributed by atoms with E-state index in [1.807, 2.05) is 4.90 Å². The molecule has 0 bridgehead atoms. The molecular weight excluding hydrogens is 337 g/mol. The lowest BCUT2D eigenvalue weighted by molar-refractivity contribution is -0.143. The highest BCUT2D eigenvalue weighted by Crippen LogP contribution is 2.31. The lowest BCUT2D eigenvalue weighted by Crippen LogP contribution is -2.52. The zero-order valence-corrected chi connectivity index (χ0v) is 14.2. The number of ether oxygens (including phenoxy) is 1. The van der Waals surface area contributed by atoms with Crippen molar-refractivity contribution in [2.24, 2.45) is 0 Å². The molecule has 25 heavy (non-hydrogen) atoms. The summed E-state index contributed by atoms with van der Waals surface area (Å²) >= 11 is 0. The van der Waals surface area contributed by atoms with Crippen LogP contribution in [0, 0.1) is 0 Å². The number of nitrogens with zero attached hydrogens (tertiary/aromatic N) is 4. The van der Waals surface area contributed by atoms with E-state index in [-0.39, 0.29) is 23.9 Å². The Balaban J connectivity index is 1.76. The Labute approximate surface area is 144 Å². The van der Waals surface area contributed by atoms with Crippen LogP contribution in [0.4, 0.5) is 19.1 Å². The van der Waals surface area contributed by atoms with Crippen molar-refractivity contribution >= 4 is 11.9 Å². The second-order valence-electron chi connectivity index (χ2n) is 6.63. The first-order valence-corrected chi connectivity index (χ1v) is 8.37. The standard InChI is InChI=1S/C16H21F3N4O2/c1-10(2)11-9-13(16(17,18)19)21-15(20-11)23-6-4-22(5-7-23)12-3-8-25-14(12)24/h9-10,12H,3-8H2,1-2H3. The fourth-order valence-corrected chi connectivity index (χ4v) is 3.09. The van der Waals surface area contributed by atoms with Gasteiger partial charge in [-0.15, -0.1) is 0 Å². The smallest absolute Gasteiger partial charge is 0.433 e. The summed E-state index contributed by atoms with van der Waals surface area (Å²) in [5, 5.41) is 0. The van der Waals surface area contributed by atoms with Gasteiger partial charge >= 0.3 is 12.1 Å². The Morgan fingerprint density at radius 3 is 2.40 bits per heavy atom. The molecule has 1 aromatic rings. The monoisotopic (exact) mass is 358 g/mol. The van der Waals surface area contributed by atoms with E-state index in [1.165, 1.54) is 0 Å². The third kappa shape index (κ3) is 3.86. The fraction of sp³-hybridized carbons (Fsp3) is 0.688. The molecule has 2 aliphatic heterocycles. The first-order chi connectivity index (χ1) is 11.8. The van der Waals surface area contributed by atoms with E-state index in [0.717, 1.165) is 6.07 Å². The Morgan fingerprint density at radius 2 is 1.88 bits per heavy atom. The molecule has 0 aliphatic carbocycles. The van der Waals surface area contributed by atoms with Gasteiger partial charge in [0.25, 0.3) is 0 Å². The van der Waals surface area contributed by atoms with Crippen LogP contribution >= 0.6 is 0 Å². The molecule has 0 radical (unpaired) electrons. The molecule has 0 spiro atoms. The van der Waals surface area contributed by atoms with E-state index in [1.54, 1.807) is 18.7 Å². The Morgan fingerprint density at radius 1 is 1.20 bits per heavy atom. The van der Waals surface area contributed by atoms with Gasteiger partial charge in [-0.2, -0.15) is 13.2 Å². The van der Waals surface area contributed by atoms with Crippen molar-refractivity contribution in [1.82, 2.24) is 14.9 Å². The van der Waals surface area contributed by atoms with Crippen LogP contribution in [-0.2, 0) is 15.7 Å². The highest BCUT2D eigenvalue weighted by molar-refractivity contribution is 5.77. The minimum absolute atomic E-state index is 0.104. The van der Waals surface area contributed by atoms with Gasteiger partial charge in [-0.25, -0.2) is 9.97 Å². The van der Waals surface area contributed by atoms with Gasteiger partial charge in [-0.3, -0.25) is 9.69 Å². The maximum Gasteiger partial charge on any atom is 0.433 e. The van der Waals surface area contributed by atoms with Gasteiger partial charge in [0.2, 0.25) is 5.95 Å². The molecular formula is C16H21F3N4O2. The molecule has 2 saturated heterocycles. The number of rotatable bonds is 3. The van der Waals surface area contributed by atoms with Crippen LogP contribution in [0.5, 0.6) is 0 Å². The predicted octanol–water partition coefficient (Wildman–Crippen LogP) is 2.06. The predicted molar refractivity (Wildman–Crippen MR) is 84.3 cm³/mol. The molecule has 6 nitrogen and oxygen atoms in total. The third-order valence-corrected chi connectivity index (χ3v) is 4.56. The topological polar surface area (TPSA) is 58.6 Å². The van der Waals surface area contributed by atoms with Crippen LogP contribution in [0.2, 0.25) is 0 Å². The number of cyclic esters (lactones) is 1. The second kappa shape index (κ2) is 6.78. The van der Waals surface area contributed by atoms with Crippen molar-refractivity contribution in [3.05, 3.63) is 17.5 Å². The summed E-state index contributed by atoms with van der Waals surface area (Å²) in [6, 6.07) is 0.773. The minimum Gasteiger partial charge on any atom is -0.464 e. The first kappa shape index (κ1) is 17.9. The number of hydrogen-bond acceptors (Lipinski definition) is 6. The molecule has 2 aliphatic rings. The van der Waals surface area contributed by atoms with Crippen LogP contribution in [-0.4, -0.2) is 59.7 Å². The summed E-state index contributed by atoms with van der Waals surface area (Å²) in [5.74, 6) is -0.240. The number of halogens is 3. The van der Waals surface area contributed by atoms with Gasteiger partial charge < -0.3 is 9.64 Å². The SMILES string of the molecule is CC(C)c1cc(C(F)(F)F)nc(N2CCN(C3CCOC3=O)CC2)n1. The van der Waals surface area contributed by atoms with Crippen LogP contribution in [0.1, 0.15) is 37.6 Å². The molecule has 0 amide bonds. The van der Waals surface area contributed by atoms with E-state index >= 15 is 0 Å². The minimum atomic E-state index is -4.50. The maximum atomic E-state index is 13.1. The molecule has 1 aromatic heterocycles. The van der Waals surface area contributed by atoms with Crippen molar-refractivity contribution in [2.45, 2.75) is 38.4 Å². The molecule has 3 rings (SSSR count). The van der Waals surface area contributed by atoms with Gasteiger partial charge in [-0.05, 0) is 12.0 Å². The molecule has 138 valence electrons. The summed E-state index contributed by atoms with van der Waals surface area (Å²) in [7, 11) is 0. The van der Waals surface area contributed by atoms with Crippen molar-refractivity contribution in [3.63, 3.8) is 0 Å². The maximum absolute atomic E-state index is 13.1. The summed E-state index contributed by atoms with van der Waals surface area (Å²) in [4.78, 5) is 23.5. The normalized spacial score (nSPS) is 22.6. The number of carbonyl (C=O) groups excluding carboxylic acids is 1. The Hall–Kier alpha value is -1.90. The van der Waals surface area contributed by atoms with Crippen molar-refractivity contribution in [2.75, 3.05) is 37.7 Å². The summed E-state index contributed by atoms with van der Waals surface area (Å²) in [5.41, 5.74) is -0.540. The van der Waals surface area contributed by atoms with Gasteiger partial charge in [0.1, 0.15) is 11.7 Å². The highest BCUT2D eigenvalue weighted by Gasteiger charge is 2.36. The van der Waals surface area contributed by atoms with E-state index in [0.29, 0.717) is 44.9 Å². The van der Waals surface area contributed by atoms with Gasteiger partial charge in [0, 0.05) is 38.3 Å². The molecule has 0 aromatic carbocycles. The van der Waals surface area contributed by atoms with Gasteiger partial charge in [-0.1, -0.05) is 13.8 Å². The fourth-order valence-electron chi connectivity index (χ4n) is 3.09. The van der Waals surface area contributed by atoms with Gasteiger partial charge in [0.15, 0.2) is 0 Å². The zero-order chi connectivity index (χ0) is 18.2. The molecule has 9 heteroatoms. The van der Waals surface area contributed by atoms with Crippen LogP contribution in [0.25, 0.3) is 0 Å². The second-order valence-corrected chi connectivity index (χ2v) is 6.63. The Bertz CT molecular complexity index is 643. The number of esters is 1. The zero-order valence-electron chi connectivity index (χ0n) is 14.2. The summed E-state index contributed by atoms with van der Waals surface area (Å²) in [6.07, 6.45) is -3.84. The molecule has 1 unspecified atom stereocenters. The van der Waals surface area contributed by atoms with Crippen molar-refractivity contribution in [3.8, 4) is 0 Å². The molecule has 1 atom stereocenters. The molecule has 3 heterocycles. The number of anilines is 1. The van der Waals surface area contributed by atoms with Crippen LogP contribution in [0.15, 0.2) is 6.07 Å². The number of alkyl halides is 3. The summed E-state index contributed by atoms with van der Waals surface area (Å²) < 4.78 is 44.3. The van der Waals surface area contributed by atoms with Crippen molar-refractivity contribution in [1.29, 1.82) is 0 Å². The first-order valence-electron chi connectivity index (χ1n) is 8.37. The third-order valence-electron chi connectivity index (χ3n) is 4.56. The van der Waals surface area contributed by atoms with E-state index in [9.17, 15) is 18.0 Å². The highest BCUT2D eigenvalue weighted by atomic mass is 19.4. The lowest BCUT2D eigenvalue weighted by Gasteiger charge is -2.36. The number of piperazine rings is 1. The average Bonchev–Trinajstić information content (AvgIpc) is 3.00.